The minimum absolute atomic E-state index is 0.000506. The van der Waals surface area contributed by atoms with E-state index in [1.165, 1.54) is 0 Å². The van der Waals surface area contributed by atoms with Crippen molar-refractivity contribution in [2.75, 3.05) is 6.61 Å². The summed E-state index contributed by atoms with van der Waals surface area (Å²) in [6, 6.07) is 19.4. The maximum absolute atomic E-state index is 13.0. The van der Waals surface area contributed by atoms with Gasteiger partial charge in [-0.25, -0.2) is 0 Å². The summed E-state index contributed by atoms with van der Waals surface area (Å²) in [5.41, 5.74) is 2.92. The lowest BCUT2D eigenvalue weighted by molar-refractivity contribution is 0.0462. The van der Waals surface area contributed by atoms with Crippen molar-refractivity contribution in [2.45, 2.75) is 26.1 Å². The van der Waals surface area contributed by atoms with E-state index in [2.05, 4.69) is 0 Å². The van der Waals surface area contributed by atoms with E-state index in [9.17, 15) is 4.79 Å². The Morgan fingerprint density at radius 3 is 2.26 bits per heavy atom. The summed E-state index contributed by atoms with van der Waals surface area (Å²) in [5.74, 6) is -0.000506. The largest absolute Gasteiger partial charge is 0.352 e. The molecule has 2 aromatic rings. The summed E-state index contributed by atoms with van der Waals surface area (Å²) >= 11 is 0. The Labute approximate surface area is 137 Å². The van der Waals surface area contributed by atoms with Crippen LogP contribution in [0.4, 0.5) is 0 Å². The molecule has 2 aromatic carbocycles. The van der Waals surface area contributed by atoms with E-state index >= 15 is 0 Å². The van der Waals surface area contributed by atoms with Crippen molar-refractivity contribution < 1.29 is 9.53 Å². The Morgan fingerprint density at radius 1 is 1.04 bits per heavy atom. The lowest BCUT2D eigenvalue weighted by Crippen LogP contribution is -2.37. The number of hydrogen-bond donors (Lipinski definition) is 0. The molecular formula is C20H21NO2. The van der Waals surface area contributed by atoms with E-state index in [1.54, 1.807) is 0 Å². The standard InChI is InChI=1S/C20H21NO2/c1-15(2)13-19-21(20(22)17-11-7-4-8-12-17)18(14-23-19)16-9-5-3-6-10-16/h3-13,18-19H,14H2,1-2H3/t18-,19+/m1/s1. The van der Waals surface area contributed by atoms with Gasteiger partial charge in [0.25, 0.3) is 5.91 Å². The van der Waals surface area contributed by atoms with Gasteiger partial charge in [-0.15, -0.1) is 0 Å². The van der Waals surface area contributed by atoms with Crippen molar-refractivity contribution >= 4 is 5.91 Å². The lowest BCUT2D eigenvalue weighted by Gasteiger charge is -2.27. The van der Waals surface area contributed by atoms with Crippen LogP contribution in [0.5, 0.6) is 0 Å². The van der Waals surface area contributed by atoms with E-state index in [0.29, 0.717) is 12.2 Å². The third-order valence-electron chi connectivity index (χ3n) is 3.95. The molecule has 3 nitrogen and oxygen atoms in total. The van der Waals surface area contributed by atoms with Crippen LogP contribution in [0.1, 0.15) is 35.8 Å². The molecule has 0 unspecified atom stereocenters. The first-order valence-electron chi connectivity index (χ1n) is 7.86. The van der Waals surface area contributed by atoms with Gasteiger partial charge in [-0.1, -0.05) is 54.1 Å². The van der Waals surface area contributed by atoms with Crippen LogP contribution in [0.2, 0.25) is 0 Å². The van der Waals surface area contributed by atoms with Crippen LogP contribution in [-0.2, 0) is 4.74 Å². The molecule has 1 amide bonds. The molecule has 3 heteroatoms. The second-order valence-corrected chi connectivity index (χ2v) is 5.97. The Kier molecular flexibility index (Phi) is 4.58. The third-order valence-corrected chi connectivity index (χ3v) is 3.95. The highest BCUT2D eigenvalue weighted by Gasteiger charge is 2.37. The Hall–Kier alpha value is -2.39. The molecule has 0 aromatic heterocycles. The fraction of sp³-hybridized carbons (Fsp3) is 0.250. The van der Waals surface area contributed by atoms with E-state index in [1.807, 2.05) is 85.5 Å². The number of amides is 1. The summed E-state index contributed by atoms with van der Waals surface area (Å²) in [5, 5.41) is 0. The number of hydrogen-bond acceptors (Lipinski definition) is 2. The summed E-state index contributed by atoms with van der Waals surface area (Å²) < 4.78 is 5.91. The second-order valence-electron chi connectivity index (χ2n) is 5.97. The molecule has 0 N–H and O–H groups in total. The monoisotopic (exact) mass is 307 g/mol. The fourth-order valence-corrected chi connectivity index (χ4v) is 2.86. The first kappa shape index (κ1) is 15.5. The maximum Gasteiger partial charge on any atom is 0.256 e. The highest BCUT2D eigenvalue weighted by atomic mass is 16.5. The number of benzene rings is 2. The molecule has 0 saturated carbocycles. The molecule has 1 aliphatic rings. The van der Waals surface area contributed by atoms with Gasteiger partial charge in [-0.2, -0.15) is 0 Å². The van der Waals surface area contributed by atoms with E-state index in [0.717, 1.165) is 11.1 Å². The Bertz CT molecular complexity index is 690. The number of rotatable bonds is 3. The molecule has 0 radical (unpaired) electrons. The zero-order valence-electron chi connectivity index (χ0n) is 13.5. The number of carbonyl (C=O) groups excluding carboxylic acids is 1. The van der Waals surface area contributed by atoms with Gasteiger partial charge in [-0.05, 0) is 37.6 Å². The quantitative estimate of drug-likeness (QED) is 0.796. The van der Waals surface area contributed by atoms with Crippen molar-refractivity contribution in [1.29, 1.82) is 0 Å². The van der Waals surface area contributed by atoms with Crippen molar-refractivity contribution in [3.8, 4) is 0 Å². The number of ether oxygens (including phenoxy) is 1. The summed E-state index contributed by atoms with van der Waals surface area (Å²) in [6.07, 6.45) is 1.68. The van der Waals surface area contributed by atoms with Gasteiger partial charge >= 0.3 is 0 Å². The maximum atomic E-state index is 13.0. The van der Waals surface area contributed by atoms with Gasteiger partial charge in [0.15, 0.2) is 6.23 Å². The van der Waals surface area contributed by atoms with Gasteiger partial charge in [0, 0.05) is 5.56 Å². The smallest absolute Gasteiger partial charge is 0.256 e. The average Bonchev–Trinajstić information content (AvgIpc) is 2.98. The molecule has 0 bridgehead atoms. The predicted molar refractivity (Wildman–Crippen MR) is 91.0 cm³/mol. The lowest BCUT2D eigenvalue weighted by atomic mass is 10.1. The van der Waals surface area contributed by atoms with Crippen molar-refractivity contribution in [1.82, 2.24) is 4.90 Å². The first-order valence-corrected chi connectivity index (χ1v) is 7.86. The topological polar surface area (TPSA) is 29.5 Å². The Balaban J connectivity index is 1.97. The minimum Gasteiger partial charge on any atom is -0.352 e. The molecule has 2 atom stereocenters. The van der Waals surface area contributed by atoms with Crippen LogP contribution in [0.3, 0.4) is 0 Å². The summed E-state index contributed by atoms with van der Waals surface area (Å²) in [4.78, 5) is 14.9. The summed E-state index contributed by atoms with van der Waals surface area (Å²) in [7, 11) is 0. The van der Waals surface area contributed by atoms with Crippen molar-refractivity contribution in [3.05, 3.63) is 83.4 Å². The van der Waals surface area contributed by atoms with Gasteiger partial charge in [0.2, 0.25) is 0 Å². The molecule has 23 heavy (non-hydrogen) atoms. The molecule has 0 spiro atoms. The predicted octanol–water partition coefficient (Wildman–Crippen LogP) is 4.19. The molecule has 1 heterocycles. The zero-order valence-corrected chi connectivity index (χ0v) is 13.5. The minimum atomic E-state index is -0.321. The molecule has 1 saturated heterocycles. The zero-order chi connectivity index (χ0) is 16.2. The number of carbonyl (C=O) groups is 1. The van der Waals surface area contributed by atoms with Crippen LogP contribution in [0.15, 0.2) is 72.3 Å². The van der Waals surface area contributed by atoms with Crippen LogP contribution >= 0.6 is 0 Å². The summed E-state index contributed by atoms with van der Waals surface area (Å²) in [6.45, 7) is 4.55. The van der Waals surface area contributed by atoms with Crippen LogP contribution < -0.4 is 0 Å². The molecule has 1 aliphatic heterocycles. The highest BCUT2D eigenvalue weighted by molar-refractivity contribution is 5.94. The number of allylic oxidation sites excluding steroid dienone is 1. The van der Waals surface area contributed by atoms with Crippen molar-refractivity contribution in [3.63, 3.8) is 0 Å². The molecule has 3 rings (SSSR count). The normalized spacial score (nSPS) is 20.3. The fourth-order valence-electron chi connectivity index (χ4n) is 2.86. The van der Waals surface area contributed by atoms with Crippen LogP contribution in [0, 0.1) is 0 Å². The SMILES string of the molecule is CC(C)=C[C@@H]1OC[C@H](c2ccccc2)N1C(=O)c1ccccc1. The average molecular weight is 307 g/mol. The van der Waals surface area contributed by atoms with E-state index in [4.69, 9.17) is 4.74 Å². The van der Waals surface area contributed by atoms with Gasteiger partial charge in [-0.3, -0.25) is 9.69 Å². The van der Waals surface area contributed by atoms with Crippen LogP contribution in [-0.4, -0.2) is 23.6 Å². The van der Waals surface area contributed by atoms with E-state index < -0.39 is 0 Å². The van der Waals surface area contributed by atoms with Gasteiger partial charge in [0.05, 0.1) is 12.6 Å². The molecule has 1 fully saturated rings. The van der Waals surface area contributed by atoms with Crippen molar-refractivity contribution in [2.24, 2.45) is 0 Å². The highest BCUT2D eigenvalue weighted by Crippen LogP contribution is 2.32. The van der Waals surface area contributed by atoms with Gasteiger partial charge in [0.1, 0.15) is 0 Å². The molecular weight excluding hydrogens is 286 g/mol. The third kappa shape index (κ3) is 3.35. The number of nitrogens with zero attached hydrogens (tertiary/aromatic N) is 1. The molecule has 0 aliphatic carbocycles. The molecule has 118 valence electrons. The van der Waals surface area contributed by atoms with E-state index in [-0.39, 0.29) is 18.2 Å². The van der Waals surface area contributed by atoms with Gasteiger partial charge < -0.3 is 4.74 Å². The first-order chi connectivity index (χ1) is 11.2. The van der Waals surface area contributed by atoms with Crippen LogP contribution in [0.25, 0.3) is 0 Å². The second kappa shape index (κ2) is 6.80. The Morgan fingerprint density at radius 2 is 1.65 bits per heavy atom.